The van der Waals surface area contributed by atoms with Gasteiger partial charge in [-0.3, -0.25) is 0 Å². The van der Waals surface area contributed by atoms with Gasteiger partial charge in [0.25, 0.3) is 0 Å². The summed E-state index contributed by atoms with van der Waals surface area (Å²) in [4.78, 5) is 0. The molecular weight excluding hydrogens is 265 g/mol. The molecule has 0 fully saturated rings. The fourth-order valence-electron chi connectivity index (χ4n) is 1.03. The molecule has 0 aliphatic carbocycles. The quantitative estimate of drug-likeness (QED) is 0.328. The Morgan fingerprint density at radius 1 is 0.941 bits per heavy atom. The second-order valence-corrected chi connectivity index (χ2v) is 3.37. The average Bonchev–Trinajstić information content (AvgIpc) is 2.32. The monoisotopic (exact) mass is 267 g/mol. The molecule has 0 aliphatic heterocycles. The molecule has 0 unspecified atom stereocenters. The molecule has 1 rings (SSSR count). The van der Waals surface area contributed by atoms with Gasteiger partial charge >= 0.3 is 0 Å². The number of rotatable bonds is 1. The summed E-state index contributed by atoms with van der Waals surface area (Å²) in [5, 5.41) is 7.62. The van der Waals surface area contributed by atoms with E-state index in [0.717, 1.165) is 6.92 Å². The number of hydrogen-bond acceptors (Lipinski definition) is 1. The lowest BCUT2D eigenvalue weighted by molar-refractivity contribution is 0.376. The maximum absolute atomic E-state index is 13.2. The predicted molar refractivity (Wildman–Crippen MR) is 50.3 cm³/mol. The van der Waals surface area contributed by atoms with Gasteiger partial charge in [-0.05, 0) is 6.92 Å². The Labute approximate surface area is 97.7 Å². The molecule has 0 aliphatic rings. The molecule has 1 aromatic rings. The molecule has 0 spiro atoms. The van der Waals surface area contributed by atoms with Gasteiger partial charge in [-0.2, -0.15) is 5.26 Å². The van der Waals surface area contributed by atoms with E-state index in [2.05, 4.69) is 0 Å². The van der Waals surface area contributed by atoms with Crippen LogP contribution in [0.5, 0.6) is 0 Å². The van der Waals surface area contributed by atoms with Gasteiger partial charge in [0.15, 0.2) is 23.3 Å². The van der Waals surface area contributed by atoms with Gasteiger partial charge in [-0.15, -0.1) is 0 Å². The molecule has 0 saturated carbocycles. The van der Waals surface area contributed by atoms with Crippen molar-refractivity contribution in [1.29, 1.82) is 5.26 Å². The highest BCUT2D eigenvalue weighted by molar-refractivity contribution is 6.49. The minimum Gasteiger partial charge on any atom is -0.203 e. The summed E-state index contributed by atoms with van der Waals surface area (Å²) in [5.74, 6) is -10.6. The van der Waals surface area contributed by atoms with Gasteiger partial charge < -0.3 is 0 Å². The maximum atomic E-state index is 13.2. The minimum atomic E-state index is -2.28. The molecule has 0 bridgehead atoms. The molecule has 0 radical (unpaired) electrons. The third-order valence-electron chi connectivity index (χ3n) is 1.93. The first kappa shape index (κ1) is 13.5. The van der Waals surface area contributed by atoms with Gasteiger partial charge in [0, 0.05) is 5.57 Å². The molecule has 0 N–H and O–H groups in total. The van der Waals surface area contributed by atoms with Crippen LogP contribution in [0.25, 0.3) is 5.03 Å². The van der Waals surface area contributed by atoms with Crippen LogP contribution in [-0.4, -0.2) is 0 Å². The summed E-state index contributed by atoms with van der Waals surface area (Å²) in [6, 6.07) is 1.45. The number of nitrogens with zero attached hydrogens (tertiary/aromatic N) is 1. The number of hydrogen-bond donors (Lipinski definition) is 0. The topological polar surface area (TPSA) is 23.8 Å². The summed E-state index contributed by atoms with van der Waals surface area (Å²) in [5.41, 5.74) is -1.67. The zero-order chi connectivity index (χ0) is 13.3. The Balaban J connectivity index is 3.75. The lowest BCUT2D eigenvalue weighted by atomic mass is 10.1. The van der Waals surface area contributed by atoms with Crippen LogP contribution in [0.15, 0.2) is 5.57 Å². The van der Waals surface area contributed by atoms with Crippen LogP contribution < -0.4 is 0 Å². The summed E-state index contributed by atoms with van der Waals surface area (Å²) < 4.78 is 64.7. The Morgan fingerprint density at radius 2 is 1.29 bits per heavy atom. The minimum absolute atomic E-state index is 0.366. The van der Waals surface area contributed by atoms with Crippen LogP contribution in [0.3, 0.4) is 0 Å². The summed E-state index contributed by atoms with van der Waals surface area (Å²) in [6.45, 7) is 1.08. The number of allylic oxidation sites excluding steroid dienone is 1. The van der Waals surface area contributed by atoms with Crippen LogP contribution in [0.2, 0.25) is 0 Å². The zero-order valence-corrected chi connectivity index (χ0v) is 8.97. The van der Waals surface area contributed by atoms with Gasteiger partial charge in [0.1, 0.15) is 0 Å². The highest BCUT2D eigenvalue weighted by Crippen LogP contribution is 2.32. The van der Waals surface area contributed by atoms with E-state index in [1.165, 1.54) is 6.07 Å². The molecule has 0 heterocycles. The predicted octanol–water partition coefficient (Wildman–Crippen LogP) is 3.88. The second-order valence-electron chi connectivity index (χ2n) is 3.00. The summed E-state index contributed by atoms with van der Waals surface area (Å²) >= 11 is 5.39. The molecule has 0 aromatic heterocycles. The van der Waals surface area contributed by atoms with Crippen molar-refractivity contribution in [2.75, 3.05) is 0 Å². The van der Waals surface area contributed by atoms with Crippen molar-refractivity contribution in [1.82, 2.24) is 0 Å². The number of benzene rings is 1. The fraction of sp³-hybridized carbons (Fsp3) is 0.100. The largest absolute Gasteiger partial charge is 0.203 e. The fourth-order valence-corrected chi connectivity index (χ4v) is 1.24. The van der Waals surface area contributed by atoms with E-state index in [0.29, 0.717) is 0 Å². The van der Waals surface area contributed by atoms with E-state index < -0.39 is 39.7 Å². The molecule has 17 heavy (non-hydrogen) atoms. The van der Waals surface area contributed by atoms with E-state index in [9.17, 15) is 22.0 Å². The van der Waals surface area contributed by atoms with E-state index >= 15 is 0 Å². The van der Waals surface area contributed by atoms with Crippen LogP contribution in [-0.2, 0) is 0 Å². The Kier molecular flexibility index (Phi) is 3.73. The Hall–Kier alpha value is -1.61. The smallest absolute Gasteiger partial charge is 0.200 e. The van der Waals surface area contributed by atoms with E-state index in [1.807, 2.05) is 0 Å². The lowest BCUT2D eigenvalue weighted by Crippen LogP contribution is -2.05. The van der Waals surface area contributed by atoms with Crippen molar-refractivity contribution in [3.8, 4) is 6.07 Å². The lowest BCUT2D eigenvalue weighted by Gasteiger charge is -2.07. The van der Waals surface area contributed by atoms with Crippen LogP contribution >= 0.6 is 11.6 Å². The summed E-state index contributed by atoms with van der Waals surface area (Å²) in [7, 11) is 0. The first-order valence-electron chi connectivity index (χ1n) is 4.11. The molecule has 7 heteroatoms. The highest BCUT2D eigenvalue weighted by Gasteiger charge is 2.27. The van der Waals surface area contributed by atoms with Crippen molar-refractivity contribution in [2.45, 2.75) is 6.92 Å². The van der Waals surface area contributed by atoms with Gasteiger partial charge in [0.2, 0.25) is 5.82 Å². The van der Waals surface area contributed by atoms with E-state index in [4.69, 9.17) is 16.9 Å². The van der Waals surface area contributed by atoms with Crippen molar-refractivity contribution >= 4 is 16.6 Å². The first-order chi connectivity index (χ1) is 7.82. The Bertz CT molecular complexity index is 530. The standard InChI is InChI=1S/C10H3ClF5N/c1-3(2-17)5(11)4-6(12)8(14)10(16)9(15)7(4)13/h1H3. The zero-order valence-electron chi connectivity index (χ0n) is 8.22. The van der Waals surface area contributed by atoms with E-state index in [-0.39, 0.29) is 5.57 Å². The molecule has 0 atom stereocenters. The highest BCUT2D eigenvalue weighted by atomic mass is 35.5. The third-order valence-corrected chi connectivity index (χ3v) is 2.40. The molecule has 0 amide bonds. The first-order valence-corrected chi connectivity index (χ1v) is 4.49. The number of nitriles is 1. The maximum Gasteiger partial charge on any atom is 0.200 e. The van der Waals surface area contributed by atoms with Crippen molar-refractivity contribution < 1.29 is 22.0 Å². The normalized spacial score (nSPS) is 12.1. The SMILES string of the molecule is CC(C#N)=C(Cl)c1c(F)c(F)c(F)c(F)c1F. The Morgan fingerprint density at radius 3 is 1.65 bits per heavy atom. The van der Waals surface area contributed by atoms with Crippen molar-refractivity contribution in [3.05, 3.63) is 40.2 Å². The van der Waals surface area contributed by atoms with E-state index in [1.54, 1.807) is 0 Å². The molecular formula is C10H3ClF5N. The van der Waals surface area contributed by atoms with Crippen LogP contribution in [0.1, 0.15) is 12.5 Å². The summed E-state index contributed by atoms with van der Waals surface area (Å²) in [6.07, 6.45) is 0. The van der Waals surface area contributed by atoms with Crippen LogP contribution in [0.4, 0.5) is 22.0 Å². The number of halogens is 6. The molecule has 0 saturated heterocycles. The second kappa shape index (κ2) is 4.72. The molecule has 90 valence electrons. The molecule has 1 aromatic carbocycles. The average molecular weight is 268 g/mol. The van der Waals surface area contributed by atoms with Crippen molar-refractivity contribution in [3.63, 3.8) is 0 Å². The van der Waals surface area contributed by atoms with Gasteiger partial charge in [-0.25, -0.2) is 22.0 Å². The molecule has 1 nitrogen and oxygen atoms in total. The van der Waals surface area contributed by atoms with Crippen LogP contribution in [0, 0.1) is 40.4 Å². The van der Waals surface area contributed by atoms with Gasteiger partial charge in [0.05, 0.1) is 16.7 Å². The third kappa shape index (κ3) is 2.11. The van der Waals surface area contributed by atoms with Gasteiger partial charge in [-0.1, -0.05) is 11.6 Å². The van der Waals surface area contributed by atoms with Crippen molar-refractivity contribution in [2.24, 2.45) is 0 Å².